The lowest BCUT2D eigenvalue weighted by atomic mass is 10.3. The second-order valence-electron chi connectivity index (χ2n) is 3.71. The van der Waals surface area contributed by atoms with Gasteiger partial charge in [0.05, 0.1) is 13.1 Å². The van der Waals surface area contributed by atoms with Crippen LogP contribution in [0.15, 0.2) is 0 Å². The molecule has 0 aliphatic heterocycles. The van der Waals surface area contributed by atoms with Crippen molar-refractivity contribution in [2.24, 2.45) is 11.5 Å². The van der Waals surface area contributed by atoms with Crippen LogP contribution in [-0.4, -0.2) is 66.2 Å². The Bertz CT molecular complexity index is 409. The molecule has 0 aromatic rings. The van der Waals surface area contributed by atoms with Crippen molar-refractivity contribution in [3.05, 3.63) is 0 Å². The van der Waals surface area contributed by atoms with Gasteiger partial charge in [-0.15, -0.1) is 0 Å². The van der Waals surface area contributed by atoms with Gasteiger partial charge in [0, 0.05) is 11.5 Å². The maximum absolute atomic E-state index is 11.5. The number of nitrogens with two attached hydrogens (primary N) is 2. The van der Waals surface area contributed by atoms with Gasteiger partial charge in [0.25, 0.3) is 0 Å². The lowest BCUT2D eigenvalue weighted by Gasteiger charge is -2.14. The molecule has 1 atom stereocenters. The Kier molecular flexibility index (Phi) is 11.0. The molecule has 0 aromatic carbocycles. The largest absolute Gasteiger partial charge is 0.480 e. The molecule has 0 spiro atoms. The van der Waals surface area contributed by atoms with Crippen LogP contribution in [0.4, 0.5) is 4.79 Å². The topological polar surface area (TPSA) is 174 Å². The summed E-state index contributed by atoms with van der Waals surface area (Å²) in [6, 6.07) is -1.10. The van der Waals surface area contributed by atoms with E-state index in [2.05, 4.69) is 15.4 Å². The molecule has 3 amide bonds. The molecule has 0 radical (unpaired) electrons. The average Bonchev–Trinajstić information content (AvgIpc) is 2.46. The molecule has 10 nitrogen and oxygen atoms in total. The highest BCUT2D eigenvalue weighted by Gasteiger charge is 2.20. The van der Waals surface area contributed by atoms with Gasteiger partial charge in [0.1, 0.15) is 12.6 Å². The van der Waals surface area contributed by atoms with Crippen LogP contribution in [0.3, 0.4) is 0 Å². The molecule has 0 rings (SSSR count). The van der Waals surface area contributed by atoms with Crippen molar-refractivity contribution in [2.45, 2.75) is 6.04 Å². The number of ether oxygens (including phenoxy) is 1. The minimum Gasteiger partial charge on any atom is -0.480 e. The zero-order chi connectivity index (χ0) is 17.0. The standard InChI is InChI=1S/C10H18N4O6S2/c11-3-7(15)13-4-8(16)14-6(9(17)18)5-22-21-2-1-20-10(12)19/h6H,1-5,11H2,(H2,12,19)(H,13,15)(H,14,16)(H,17,18)/t6-/m1/s1. The van der Waals surface area contributed by atoms with Crippen molar-refractivity contribution in [1.82, 2.24) is 10.6 Å². The van der Waals surface area contributed by atoms with Gasteiger partial charge in [-0.25, -0.2) is 9.59 Å². The van der Waals surface area contributed by atoms with Crippen LogP contribution in [-0.2, 0) is 19.1 Å². The highest BCUT2D eigenvalue weighted by atomic mass is 33.1. The van der Waals surface area contributed by atoms with Gasteiger partial charge in [-0.05, 0) is 0 Å². The van der Waals surface area contributed by atoms with Crippen LogP contribution in [0.1, 0.15) is 0 Å². The van der Waals surface area contributed by atoms with E-state index >= 15 is 0 Å². The molecule has 0 aromatic heterocycles. The van der Waals surface area contributed by atoms with E-state index in [0.29, 0.717) is 5.75 Å². The first-order valence-electron chi connectivity index (χ1n) is 6.02. The summed E-state index contributed by atoms with van der Waals surface area (Å²) in [6.07, 6.45) is -0.874. The quantitative estimate of drug-likeness (QED) is 0.210. The molecule has 126 valence electrons. The maximum atomic E-state index is 11.5. The Morgan fingerprint density at radius 2 is 1.86 bits per heavy atom. The zero-order valence-electron chi connectivity index (χ0n) is 11.6. The molecular weight excluding hydrogens is 336 g/mol. The smallest absolute Gasteiger partial charge is 0.404 e. The molecule has 0 fully saturated rings. The number of hydrogen-bond donors (Lipinski definition) is 5. The summed E-state index contributed by atoms with van der Waals surface area (Å²) in [5.74, 6) is -1.80. The molecule has 0 aliphatic rings. The third kappa shape index (κ3) is 11.0. The lowest BCUT2D eigenvalue weighted by molar-refractivity contribution is -0.141. The molecule has 0 bridgehead atoms. The monoisotopic (exact) mass is 354 g/mol. The summed E-state index contributed by atoms with van der Waals surface area (Å²) in [5, 5.41) is 13.5. The number of nitrogens with one attached hydrogen (secondary N) is 2. The van der Waals surface area contributed by atoms with E-state index in [1.807, 2.05) is 0 Å². The molecule has 22 heavy (non-hydrogen) atoms. The SMILES string of the molecule is NCC(=O)NCC(=O)N[C@H](CSSCCOC(N)=O)C(=O)O. The van der Waals surface area contributed by atoms with E-state index < -0.39 is 29.9 Å². The lowest BCUT2D eigenvalue weighted by Crippen LogP contribution is -2.47. The van der Waals surface area contributed by atoms with Crippen molar-refractivity contribution < 1.29 is 29.0 Å². The minimum absolute atomic E-state index is 0.104. The molecule has 7 N–H and O–H groups in total. The zero-order valence-corrected chi connectivity index (χ0v) is 13.2. The van der Waals surface area contributed by atoms with E-state index in [4.69, 9.17) is 16.6 Å². The van der Waals surface area contributed by atoms with E-state index in [9.17, 15) is 19.2 Å². The summed E-state index contributed by atoms with van der Waals surface area (Å²) in [5.41, 5.74) is 9.82. The minimum atomic E-state index is -1.19. The average molecular weight is 354 g/mol. The van der Waals surface area contributed by atoms with Gasteiger partial charge in [-0.2, -0.15) is 0 Å². The Morgan fingerprint density at radius 1 is 1.18 bits per heavy atom. The van der Waals surface area contributed by atoms with Crippen molar-refractivity contribution in [3.63, 3.8) is 0 Å². The van der Waals surface area contributed by atoms with Gasteiger partial charge in [0.2, 0.25) is 11.8 Å². The first-order chi connectivity index (χ1) is 10.4. The van der Waals surface area contributed by atoms with Crippen molar-refractivity contribution in [1.29, 1.82) is 0 Å². The molecular formula is C10H18N4O6S2. The Balaban J connectivity index is 3.95. The van der Waals surface area contributed by atoms with Crippen molar-refractivity contribution in [3.8, 4) is 0 Å². The number of rotatable bonds is 11. The number of primary amides is 1. The number of aliphatic carboxylic acids is 1. The fourth-order valence-corrected chi connectivity index (χ4v) is 3.00. The number of carbonyl (C=O) groups excluding carboxylic acids is 3. The summed E-state index contributed by atoms with van der Waals surface area (Å²) >= 11 is 0. The highest BCUT2D eigenvalue weighted by Crippen LogP contribution is 2.21. The maximum Gasteiger partial charge on any atom is 0.404 e. The number of carbonyl (C=O) groups is 4. The predicted molar refractivity (Wildman–Crippen MR) is 82.1 cm³/mol. The summed E-state index contributed by atoms with van der Waals surface area (Å²) in [7, 11) is 2.47. The molecule has 12 heteroatoms. The number of hydrogen-bond acceptors (Lipinski definition) is 8. The predicted octanol–water partition coefficient (Wildman–Crippen LogP) is -1.89. The van der Waals surface area contributed by atoms with E-state index in [0.717, 1.165) is 0 Å². The van der Waals surface area contributed by atoms with Crippen molar-refractivity contribution >= 4 is 45.5 Å². The van der Waals surface area contributed by atoms with Gasteiger partial charge >= 0.3 is 12.1 Å². The van der Waals surface area contributed by atoms with Gasteiger partial charge in [-0.1, -0.05) is 21.6 Å². The summed E-state index contributed by atoms with van der Waals surface area (Å²) < 4.78 is 4.49. The van der Waals surface area contributed by atoms with Crippen LogP contribution >= 0.6 is 21.6 Å². The van der Waals surface area contributed by atoms with Gasteiger partial charge < -0.3 is 31.9 Å². The fraction of sp³-hybridized carbons (Fsp3) is 0.600. The molecule has 0 saturated carbocycles. The van der Waals surface area contributed by atoms with E-state index in [1.165, 1.54) is 21.6 Å². The van der Waals surface area contributed by atoms with Crippen LogP contribution in [0, 0.1) is 0 Å². The molecule has 0 saturated heterocycles. The first kappa shape index (κ1) is 20.3. The molecule has 0 heterocycles. The third-order valence-corrected chi connectivity index (χ3v) is 4.37. The highest BCUT2D eigenvalue weighted by molar-refractivity contribution is 8.76. The third-order valence-electron chi connectivity index (χ3n) is 1.99. The number of carboxylic acid groups (broad SMARTS) is 1. The Labute approximate surface area is 134 Å². The van der Waals surface area contributed by atoms with E-state index in [1.54, 1.807) is 0 Å². The number of carboxylic acids is 1. The van der Waals surface area contributed by atoms with Crippen molar-refractivity contribution in [2.75, 3.05) is 31.2 Å². The normalized spacial score (nSPS) is 11.3. The number of amides is 3. The second kappa shape index (κ2) is 11.9. The summed E-state index contributed by atoms with van der Waals surface area (Å²) in [4.78, 5) is 43.7. The van der Waals surface area contributed by atoms with Crippen LogP contribution < -0.4 is 22.1 Å². The van der Waals surface area contributed by atoms with E-state index in [-0.39, 0.29) is 25.4 Å². The van der Waals surface area contributed by atoms with Gasteiger partial charge in [-0.3, -0.25) is 9.59 Å². The van der Waals surface area contributed by atoms with Crippen LogP contribution in [0.5, 0.6) is 0 Å². The fourth-order valence-electron chi connectivity index (χ4n) is 1.02. The summed E-state index contributed by atoms with van der Waals surface area (Å²) in [6.45, 7) is -0.484. The first-order valence-corrected chi connectivity index (χ1v) is 8.51. The van der Waals surface area contributed by atoms with Crippen LogP contribution in [0.2, 0.25) is 0 Å². The Hall–Kier alpha value is -1.66. The molecule has 0 unspecified atom stereocenters. The molecule has 0 aliphatic carbocycles. The van der Waals surface area contributed by atoms with Crippen LogP contribution in [0.25, 0.3) is 0 Å². The van der Waals surface area contributed by atoms with Gasteiger partial charge in [0.15, 0.2) is 0 Å². The second-order valence-corrected chi connectivity index (χ2v) is 6.34. The Morgan fingerprint density at radius 3 is 2.41 bits per heavy atom.